The summed E-state index contributed by atoms with van der Waals surface area (Å²) in [4.78, 5) is 20.3. The molecule has 4 N–H and O–H groups in total. The van der Waals surface area contributed by atoms with E-state index in [2.05, 4.69) is 21.8 Å². The number of aromatic nitrogens is 3. The lowest BCUT2D eigenvalue weighted by Gasteiger charge is -2.48. The largest absolute Gasteiger partial charge is 0.389 e. The molecule has 1 spiro atoms. The molecule has 0 amide bonds. The zero-order valence-electron chi connectivity index (χ0n) is 24.9. The van der Waals surface area contributed by atoms with E-state index in [1.807, 2.05) is 37.1 Å². The number of hydrogen-bond donors (Lipinski definition) is 2. The highest BCUT2D eigenvalue weighted by Crippen LogP contribution is 2.47. The van der Waals surface area contributed by atoms with Gasteiger partial charge >= 0.3 is 0 Å². The number of nitriles is 1. The molecule has 2 aliphatic heterocycles. The van der Waals surface area contributed by atoms with Crippen LogP contribution >= 0.6 is 22.9 Å². The van der Waals surface area contributed by atoms with Gasteiger partial charge in [0.1, 0.15) is 34.0 Å². The van der Waals surface area contributed by atoms with Gasteiger partial charge in [0, 0.05) is 60.2 Å². The van der Waals surface area contributed by atoms with Crippen molar-refractivity contribution in [1.82, 2.24) is 19.9 Å². The van der Waals surface area contributed by atoms with Crippen LogP contribution in [-0.2, 0) is 0 Å². The Morgan fingerprint density at radius 1 is 1.18 bits per heavy atom. The lowest BCUT2D eigenvalue weighted by molar-refractivity contribution is 0.215. The van der Waals surface area contributed by atoms with E-state index in [-0.39, 0.29) is 53.8 Å². The third kappa shape index (κ3) is 4.60. The molecule has 2 aliphatic rings. The van der Waals surface area contributed by atoms with Crippen LogP contribution in [0, 0.1) is 28.4 Å². The van der Waals surface area contributed by atoms with Crippen molar-refractivity contribution < 1.29 is 8.78 Å². The lowest BCUT2D eigenvalue weighted by Crippen LogP contribution is -2.58. The molecule has 45 heavy (non-hydrogen) atoms. The Balaban J connectivity index is 1.43. The highest BCUT2D eigenvalue weighted by atomic mass is 35.5. The molecule has 2 saturated heterocycles. The fourth-order valence-electron chi connectivity index (χ4n) is 6.83. The van der Waals surface area contributed by atoms with Gasteiger partial charge in [0.05, 0.1) is 21.3 Å². The van der Waals surface area contributed by atoms with Crippen molar-refractivity contribution in [2.24, 2.45) is 5.41 Å². The first kappa shape index (κ1) is 29.4. The summed E-state index contributed by atoms with van der Waals surface area (Å²) in [5.41, 5.74) is 13.7. The van der Waals surface area contributed by atoms with Crippen LogP contribution < -0.4 is 21.3 Å². The smallest absolute Gasteiger partial charge is 0.228 e. The van der Waals surface area contributed by atoms with Crippen molar-refractivity contribution in [2.45, 2.75) is 19.4 Å². The van der Waals surface area contributed by atoms with Crippen LogP contribution in [0.4, 0.5) is 31.4 Å². The van der Waals surface area contributed by atoms with Gasteiger partial charge < -0.3 is 26.2 Å². The van der Waals surface area contributed by atoms with Crippen LogP contribution in [0.3, 0.4) is 0 Å². The van der Waals surface area contributed by atoms with Crippen molar-refractivity contribution in [3.05, 3.63) is 64.3 Å². The number of anilines is 4. The molecule has 0 radical (unpaired) electrons. The predicted octanol–water partition coefficient (Wildman–Crippen LogP) is 6.21. The molecule has 13 heteroatoms. The first-order valence-corrected chi connectivity index (χ1v) is 15.7. The van der Waals surface area contributed by atoms with Gasteiger partial charge in [0.2, 0.25) is 5.95 Å². The highest BCUT2D eigenvalue weighted by Gasteiger charge is 2.48. The van der Waals surface area contributed by atoms with E-state index >= 15 is 4.39 Å². The minimum absolute atomic E-state index is 0.0174. The first-order chi connectivity index (χ1) is 21.5. The second-order valence-electron chi connectivity index (χ2n) is 12.2. The average Bonchev–Trinajstić information content (AvgIpc) is 3.56. The molecule has 0 bridgehead atoms. The lowest BCUT2D eigenvalue weighted by atomic mass is 9.79. The number of nitrogen functional groups attached to an aromatic ring is 2. The highest BCUT2D eigenvalue weighted by molar-refractivity contribution is 7.23. The van der Waals surface area contributed by atoms with Crippen LogP contribution in [0.2, 0.25) is 5.02 Å². The number of nitrogens with zero attached hydrogens (tertiary/aromatic N) is 7. The van der Waals surface area contributed by atoms with E-state index in [4.69, 9.17) is 33.0 Å². The van der Waals surface area contributed by atoms with E-state index in [1.165, 1.54) is 12.1 Å². The van der Waals surface area contributed by atoms with Crippen molar-refractivity contribution in [2.75, 3.05) is 61.5 Å². The van der Waals surface area contributed by atoms with Crippen molar-refractivity contribution in [3.8, 4) is 17.2 Å². The minimum atomic E-state index is -0.693. The molecule has 9 nitrogen and oxygen atoms in total. The van der Waals surface area contributed by atoms with Crippen molar-refractivity contribution in [3.63, 3.8) is 0 Å². The Morgan fingerprint density at radius 2 is 1.96 bits per heavy atom. The van der Waals surface area contributed by atoms with E-state index in [0.717, 1.165) is 49.5 Å². The number of nitrogens with two attached hydrogens (primary N) is 2. The summed E-state index contributed by atoms with van der Waals surface area (Å²) in [7, 11) is 3.98. The summed E-state index contributed by atoms with van der Waals surface area (Å²) in [6, 6.07) is 9.78. The van der Waals surface area contributed by atoms with E-state index in [1.54, 1.807) is 12.3 Å². The number of hydrogen-bond acceptors (Lipinski definition) is 10. The van der Waals surface area contributed by atoms with Gasteiger partial charge in [-0.2, -0.15) is 10.2 Å². The number of thiophene rings is 1. The summed E-state index contributed by atoms with van der Waals surface area (Å²) in [6.45, 7) is 5.51. The topological polar surface area (TPSA) is 124 Å². The molecule has 3 aromatic heterocycles. The van der Waals surface area contributed by atoms with Crippen LogP contribution in [0.5, 0.6) is 0 Å². The zero-order valence-corrected chi connectivity index (χ0v) is 26.5. The summed E-state index contributed by atoms with van der Waals surface area (Å²) in [6.07, 6.45) is 2.71. The SMILES string of the molecule is C[C@H](c1cccnc1N)N(C)c1nc(N2CC3(CCN(C)C3)C2)nc2c(F)c(-c3ccc(F)c4sc(N)c(C#N)c34)c(Cl)cc12. The Morgan fingerprint density at radius 3 is 2.64 bits per heavy atom. The van der Waals surface area contributed by atoms with Crippen LogP contribution in [0.25, 0.3) is 32.1 Å². The molecular formula is C32H30ClF2N9S. The number of rotatable bonds is 5. The van der Waals surface area contributed by atoms with Crippen molar-refractivity contribution >= 4 is 66.5 Å². The van der Waals surface area contributed by atoms with Gasteiger partial charge in [-0.15, -0.1) is 11.3 Å². The Bertz CT molecular complexity index is 2050. The number of pyridine rings is 1. The van der Waals surface area contributed by atoms with Gasteiger partial charge in [-0.1, -0.05) is 23.7 Å². The normalized spacial score (nSPS) is 16.8. The number of halogens is 3. The molecule has 2 aromatic carbocycles. The Hall–Kier alpha value is -4.31. The number of likely N-dealkylation sites (tertiary alicyclic amines) is 1. The predicted molar refractivity (Wildman–Crippen MR) is 177 cm³/mol. The third-order valence-corrected chi connectivity index (χ3v) is 10.6. The molecule has 0 saturated carbocycles. The molecule has 0 unspecified atom stereocenters. The second kappa shape index (κ2) is 10.7. The molecule has 7 rings (SSSR count). The quantitative estimate of drug-likeness (QED) is 0.229. The molecule has 5 heterocycles. The molecule has 2 fully saturated rings. The van der Waals surface area contributed by atoms with Gasteiger partial charge in [-0.3, -0.25) is 0 Å². The Kier molecular flexibility index (Phi) is 6.96. The standard InChI is InChI=1S/C32H30ClF2N9S/c1-16(17-5-4-9-39-28(17)37)43(3)30-19-11-21(33)24(18-6-7-22(34)27-23(18)20(12-36)29(38)45-27)25(35)26(19)40-31(41-30)44-14-32(15-44)8-10-42(2)13-32/h4-7,9,11,16H,8,10,13-15,38H2,1-3H3,(H2,37,39)/t16-/m1/s1. The van der Waals surface area contributed by atoms with E-state index in [9.17, 15) is 9.65 Å². The van der Waals surface area contributed by atoms with E-state index < -0.39 is 11.6 Å². The van der Waals surface area contributed by atoms with Crippen LogP contribution in [-0.4, -0.2) is 60.1 Å². The monoisotopic (exact) mass is 645 g/mol. The van der Waals surface area contributed by atoms with Gasteiger partial charge in [0.25, 0.3) is 0 Å². The maximum absolute atomic E-state index is 17.0. The fourth-order valence-corrected chi connectivity index (χ4v) is 8.07. The minimum Gasteiger partial charge on any atom is -0.389 e. The molecule has 1 atom stereocenters. The average molecular weight is 646 g/mol. The third-order valence-electron chi connectivity index (χ3n) is 9.25. The van der Waals surface area contributed by atoms with Crippen LogP contribution in [0.15, 0.2) is 36.5 Å². The maximum Gasteiger partial charge on any atom is 0.228 e. The number of fused-ring (bicyclic) bond motifs is 2. The molecule has 0 aliphatic carbocycles. The molecule has 5 aromatic rings. The summed E-state index contributed by atoms with van der Waals surface area (Å²) in [5, 5.41) is 10.7. The van der Waals surface area contributed by atoms with Gasteiger partial charge in [0.15, 0.2) is 5.82 Å². The summed E-state index contributed by atoms with van der Waals surface area (Å²) in [5.74, 6) is 0.0299. The first-order valence-electron chi connectivity index (χ1n) is 14.5. The van der Waals surface area contributed by atoms with Gasteiger partial charge in [-0.05, 0) is 50.7 Å². The Labute approximate surface area is 267 Å². The van der Waals surface area contributed by atoms with E-state index in [0.29, 0.717) is 23.0 Å². The maximum atomic E-state index is 17.0. The van der Waals surface area contributed by atoms with Gasteiger partial charge in [-0.25, -0.2) is 18.7 Å². The summed E-state index contributed by atoms with van der Waals surface area (Å²) < 4.78 is 32.0. The molecule has 230 valence electrons. The zero-order chi connectivity index (χ0) is 31.8. The van der Waals surface area contributed by atoms with Crippen LogP contribution in [0.1, 0.15) is 30.5 Å². The fraction of sp³-hybridized carbons (Fsp3) is 0.312. The number of benzene rings is 2. The summed E-state index contributed by atoms with van der Waals surface area (Å²) >= 11 is 7.80. The van der Waals surface area contributed by atoms with Crippen molar-refractivity contribution in [1.29, 1.82) is 5.26 Å². The molecular weight excluding hydrogens is 616 g/mol. The second-order valence-corrected chi connectivity index (χ2v) is 13.6.